The number of rotatable bonds is 1. The molecule has 4 aliphatic carbocycles. The quantitative estimate of drug-likeness (QED) is 0.628. The van der Waals surface area contributed by atoms with Crippen molar-refractivity contribution in [3.8, 4) is 0 Å². The predicted octanol–water partition coefficient (Wildman–Crippen LogP) is 6.31. The van der Waals surface area contributed by atoms with E-state index in [1.807, 2.05) is 0 Å². The highest BCUT2D eigenvalue weighted by atomic mass is 16.3. The second kappa shape index (κ2) is 5.84. The van der Waals surface area contributed by atoms with E-state index in [1.54, 1.807) is 0 Å². The van der Waals surface area contributed by atoms with Crippen LogP contribution >= 0.6 is 0 Å². The normalized spacial score (nSPS) is 50.6. The van der Waals surface area contributed by atoms with Crippen molar-refractivity contribution in [2.45, 2.75) is 83.7 Å². The van der Waals surface area contributed by atoms with Crippen LogP contribution in [0.5, 0.6) is 0 Å². The molecule has 0 saturated heterocycles. The standard InChI is InChI=1S/C25H36O/c1-23-15-7-6-8-18(23)11-12-20-21(23)13-16-24(2)22(20)14-17-25(24,26)19-9-4-3-5-10-19/h3-5,9-10,18,20-22,26H,6-8,11-17H2,1-2H3. The number of hydrogen-bond acceptors (Lipinski definition) is 1. The lowest BCUT2D eigenvalue weighted by Crippen LogP contribution is -2.55. The molecule has 0 amide bonds. The third kappa shape index (κ3) is 2.13. The van der Waals surface area contributed by atoms with Crippen LogP contribution in [0.4, 0.5) is 0 Å². The van der Waals surface area contributed by atoms with Crippen LogP contribution < -0.4 is 0 Å². The molecule has 0 aliphatic heterocycles. The Morgan fingerprint density at radius 1 is 0.808 bits per heavy atom. The van der Waals surface area contributed by atoms with Crippen LogP contribution in [0.3, 0.4) is 0 Å². The molecule has 0 aromatic heterocycles. The zero-order chi connectivity index (χ0) is 18.0. The van der Waals surface area contributed by atoms with Crippen LogP contribution in [0, 0.1) is 34.5 Å². The molecule has 4 aliphatic rings. The number of fused-ring (bicyclic) bond motifs is 5. The molecule has 4 saturated carbocycles. The first-order valence-corrected chi connectivity index (χ1v) is 11.3. The summed E-state index contributed by atoms with van der Waals surface area (Å²) in [4.78, 5) is 0. The summed E-state index contributed by atoms with van der Waals surface area (Å²) in [6, 6.07) is 10.6. The van der Waals surface area contributed by atoms with Gasteiger partial charge < -0.3 is 5.11 Å². The fourth-order valence-electron chi connectivity index (χ4n) is 8.50. The SMILES string of the molecule is CC12CCCCC1CCC1C2CCC2(C)C1CCC2(O)c1ccccc1. The maximum atomic E-state index is 11.9. The summed E-state index contributed by atoms with van der Waals surface area (Å²) in [7, 11) is 0. The van der Waals surface area contributed by atoms with E-state index in [0.717, 1.165) is 24.2 Å². The minimum absolute atomic E-state index is 0.0629. The Morgan fingerprint density at radius 3 is 2.38 bits per heavy atom. The van der Waals surface area contributed by atoms with Gasteiger partial charge in [0.25, 0.3) is 0 Å². The predicted molar refractivity (Wildman–Crippen MR) is 107 cm³/mol. The van der Waals surface area contributed by atoms with Gasteiger partial charge in [0.1, 0.15) is 0 Å². The Kier molecular flexibility index (Phi) is 3.88. The highest BCUT2D eigenvalue weighted by Crippen LogP contribution is 2.69. The summed E-state index contributed by atoms with van der Waals surface area (Å²) in [5.41, 5.74) is 1.21. The highest BCUT2D eigenvalue weighted by molar-refractivity contribution is 5.29. The molecule has 1 N–H and O–H groups in total. The minimum Gasteiger partial charge on any atom is -0.385 e. The van der Waals surface area contributed by atoms with Crippen LogP contribution in [0.25, 0.3) is 0 Å². The van der Waals surface area contributed by atoms with Crippen LogP contribution in [0.1, 0.15) is 83.6 Å². The van der Waals surface area contributed by atoms with E-state index in [-0.39, 0.29) is 5.41 Å². The fraction of sp³-hybridized carbons (Fsp3) is 0.760. The summed E-state index contributed by atoms with van der Waals surface area (Å²) in [5.74, 6) is 3.46. The van der Waals surface area contributed by atoms with E-state index in [2.05, 4.69) is 44.2 Å². The summed E-state index contributed by atoms with van der Waals surface area (Å²) in [6.07, 6.45) is 13.5. The molecule has 5 rings (SSSR count). The third-order valence-electron chi connectivity index (χ3n) is 9.99. The molecule has 1 nitrogen and oxygen atoms in total. The van der Waals surface area contributed by atoms with Crippen molar-refractivity contribution >= 4 is 0 Å². The molecular formula is C25H36O. The van der Waals surface area contributed by atoms with E-state index in [1.165, 1.54) is 63.4 Å². The number of benzene rings is 1. The Hall–Kier alpha value is -0.820. The van der Waals surface area contributed by atoms with Gasteiger partial charge >= 0.3 is 0 Å². The molecule has 7 atom stereocenters. The summed E-state index contributed by atoms with van der Waals surface area (Å²) in [5, 5.41) is 11.9. The Bertz CT molecular complexity index is 668. The lowest BCUT2D eigenvalue weighted by Gasteiger charge is -2.61. The van der Waals surface area contributed by atoms with Crippen molar-refractivity contribution in [1.82, 2.24) is 0 Å². The van der Waals surface area contributed by atoms with Crippen LogP contribution in [-0.4, -0.2) is 5.11 Å². The maximum Gasteiger partial charge on any atom is 0.0952 e. The highest BCUT2D eigenvalue weighted by Gasteiger charge is 2.64. The van der Waals surface area contributed by atoms with E-state index in [9.17, 15) is 5.11 Å². The van der Waals surface area contributed by atoms with Gasteiger partial charge in [-0.05, 0) is 86.0 Å². The average Bonchev–Trinajstić information content (AvgIpc) is 2.94. The van der Waals surface area contributed by atoms with Crippen LogP contribution in [0.2, 0.25) is 0 Å². The minimum atomic E-state index is -0.617. The molecule has 1 heteroatoms. The number of hydrogen-bond donors (Lipinski definition) is 1. The van der Waals surface area contributed by atoms with Crippen molar-refractivity contribution < 1.29 is 5.11 Å². The van der Waals surface area contributed by atoms with Crippen molar-refractivity contribution in [2.24, 2.45) is 34.5 Å². The molecule has 0 spiro atoms. The van der Waals surface area contributed by atoms with Crippen LogP contribution in [-0.2, 0) is 5.60 Å². The van der Waals surface area contributed by atoms with E-state index < -0.39 is 5.60 Å². The zero-order valence-electron chi connectivity index (χ0n) is 16.7. The maximum absolute atomic E-state index is 11.9. The second-order valence-corrected chi connectivity index (χ2v) is 10.6. The van der Waals surface area contributed by atoms with Crippen molar-refractivity contribution in [3.63, 3.8) is 0 Å². The van der Waals surface area contributed by atoms with Gasteiger partial charge in [-0.25, -0.2) is 0 Å². The smallest absolute Gasteiger partial charge is 0.0952 e. The Balaban J connectivity index is 1.49. The van der Waals surface area contributed by atoms with Gasteiger partial charge in [-0.2, -0.15) is 0 Å². The summed E-state index contributed by atoms with van der Waals surface area (Å²) < 4.78 is 0. The largest absolute Gasteiger partial charge is 0.385 e. The summed E-state index contributed by atoms with van der Waals surface area (Å²) >= 11 is 0. The molecule has 1 aromatic rings. The van der Waals surface area contributed by atoms with Crippen LogP contribution in [0.15, 0.2) is 30.3 Å². The molecule has 0 heterocycles. The molecule has 142 valence electrons. The first-order chi connectivity index (χ1) is 12.5. The summed E-state index contributed by atoms with van der Waals surface area (Å²) in [6.45, 7) is 5.08. The molecule has 0 radical (unpaired) electrons. The molecule has 26 heavy (non-hydrogen) atoms. The van der Waals surface area contributed by atoms with Crippen molar-refractivity contribution in [1.29, 1.82) is 0 Å². The third-order valence-corrected chi connectivity index (χ3v) is 9.99. The van der Waals surface area contributed by atoms with Gasteiger partial charge in [0, 0.05) is 5.41 Å². The van der Waals surface area contributed by atoms with Gasteiger partial charge in [0.05, 0.1) is 5.60 Å². The lowest BCUT2D eigenvalue weighted by atomic mass is 9.44. The topological polar surface area (TPSA) is 20.2 Å². The van der Waals surface area contributed by atoms with Crippen molar-refractivity contribution in [3.05, 3.63) is 35.9 Å². The van der Waals surface area contributed by atoms with E-state index in [4.69, 9.17) is 0 Å². The van der Waals surface area contributed by atoms with Gasteiger partial charge in [0.2, 0.25) is 0 Å². The Morgan fingerprint density at radius 2 is 1.58 bits per heavy atom. The van der Waals surface area contributed by atoms with E-state index >= 15 is 0 Å². The molecule has 1 aromatic carbocycles. The molecule has 4 fully saturated rings. The van der Waals surface area contributed by atoms with Crippen molar-refractivity contribution in [2.75, 3.05) is 0 Å². The second-order valence-electron chi connectivity index (χ2n) is 10.6. The monoisotopic (exact) mass is 352 g/mol. The molecule has 0 bridgehead atoms. The average molecular weight is 353 g/mol. The Labute approximate surface area is 159 Å². The molecule has 7 unspecified atom stereocenters. The zero-order valence-corrected chi connectivity index (χ0v) is 16.7. The van der Waals surface area contributed by atoms with E-state index in [0.29, 0.717) is 11.3 Å². The number of aliphatic hydroxyl groups is 1. The fourth-order valence-corrected chi connectivity index (χ4v) is 8.50. The first-order valence-electron chi connectivity index (χ1n) is 11.3. The van der Waals surface area contributed by atoms with Gasteiger partial charge in [-0.1, -0.05) is 57.0 Å². The molecular weight excluding hydrogens is 316 g/mol. The lowest BCUT2D eigenvalue weighted by molar-refractivity contribution is -0.154. The first kappa shape index (κ1) is 17.3. The van der Waals surface area contributed by atoms with Gasteiger partial charge in [-0.3, -0.25) is 0 Å². The van der Waals surface area contributed by atoms with Gasteiger partial charge in [0.15, 0.2) is 0 Å². The van der Waals surface area contributed by atoms with Gasteiger partial charge in [-0.15, -0.1) is 0 Å².